The zero-order valence-electron chi connectivity index (χ0n) is 10.3. The Morgan fingerprint density at radius 3 is 1.47 bits per heavy atom. The second kappa shape index (κ2) is 16.1. The fourth-order valence-electron chi connectivity index (χ4n) is 0.993. The van der Waals surface area contributed by atoms with Gasteiger partial charge in [0.05, 0.1) is 52.9 Å². The molecule has 6 heteroatoms. The van der Waals surface area contributed by atoms with Crippen molar-refractivity contribution in [3.05, 3.63) is 0 Å². The van der Waals surface area contributed by atoms with E-state index in [2.05, 4.69) is 12.6 Å². The van der Waals surface area contributed by atoms with Crippen molar-refractivity contribution in [1.82, 2.24) is 0 Å². The second-order valence-corrected chi connectivity index (χ2v) is 3.70. The Hall–Kier alpha value is 0.150. The van der Waals surface area contributed by atoms with Crippen molar-refractivity contribution in [2.75, 3.05) is 65.2 Å². The van der Waals surface area contributed by atoms with E-state index in [-0.39, 0.29) is 6.61 Å². The van der Waals surface area contributed by atoms with E-state index in [9.17, 15) is 0 Å². The van der Waals surface area contributed by atoms with Crippen molar-refractivity contribution in [2.24, 2.45) is 0 Å². The zero-order valence-corrected chi connectivity index (χ0v) is 11.2. The van der Waals surface area contributed by atoms with Crippen LogP contribution in [-0.4, -0.2) is 70.3 Å². The summed E-state index contributed by atoms with van der Waals surface area (Å²) in [5, 5.41) is 8.44. The van der Waals surface area contributed by atoms with Crippen molar-refractivity contribution in [3.8, 4) is 0 Å². The van der Waals surface area contributed by atoms with Crippen LogP contribution in [0.15, 0.2) is 0 Å². The van der Waals surface area contributed by atoms with Crippen LogP contribution in [0.4, 0.5) is 0 Å². The summed E-state index contributed by atoms with van der Waals surface area (Å²) in [6.07, 6.45) is 0.972. The maximum absolute atomic E-state index is 8.44. The van der Waals surface area contributed by atoms with Crippen LogP contribution >= 0.6 is 12.6 Å². The molecule has 0 rings (SSSR count). The predicted octanol–water partition coefficient (Wildman–Crippen LogP) is 0.365. The third-order valence-corrected chi connectivity index (χ3v) is 2.11. The highest BCUT2D eigenvalue weighted by molar-refractivity contribution is 7.80. The molecule has 0 saturated heterocycles. The van der Waals surface area contributed by atoms with Gasteiger partial charge in [0, 0.05) is 6.61 Å². The molecule has 0 aromatic heterocycles. The number of aliphatic hydroxyl groups is 1. The van der Waals surface area contributed by atoms with Crippen molar-refractivity contribution < 1.29 is 24.1 Å². The molecule has 0 radical (unpaired) electrons. The lowest BCUT2D eigenvalue weighted by Crippen LogP contribution is -2.12. The highest BCUT2D eigenvalue weighted by Crippen LogP contribution is 1.86. The minimum absolute atomic E-state index is 0.0519. The Morgan fingerprint density at radius 2 is 1.06 bits per heavy atom. The normalized spacial score (nSPS) is 10.9. The number of thiol groups is 1. The Bertz CT molecular complexity index is 123. The Kier molecular flexibility index (Phi) is 16.3. The lowest BCUT2D eigenvalue weighted by molar-refractivity contribution is -0.00535. The quantitative estimate of drug-likeness (QED) is 0.352. The number of ether oxygens (including phenoxy) is 4. The average molecular weight is 268 g/mol. The first-order valence-electron chi connectivity index (χ1n) is 5.94. The van der Waals surface area contributed by atoms with Crippen molar-refractivity contribution >= 4 is 12.6 Å². The molecule has 0 aliphatic carbocycles. The van der Waals surface area contributed by atoms with Gasteiger partial charge >= 0.3 is 0 Å². The molecule has 17 heavy (non-hydrogen) atoms. The first-order valence-corrected chi connectivity index (χ1v) is 6.57. The molecule has 0 aromatic rings. The van der Waals surface area contributed by atoms with E-state index >= 15 is 0 Å². The molecule has 0 unspecified atom stereocenters. The van der Waals surface area contributed by atoms with Crippen LogP contribution in [0.5, 0.6) is 0 Å². The van der Waals surface area contributed by atoms with Crippen LogP contribution in [0.3, 0.4) is 0 Å². The van der Waals surface area contributed by atoms with Gasteiger partial charge < -0.3 is 24.1 Å². The summed E-state index contributed by atoms with van der Waals surface area (Å²) in [5.74, 6) is 0.854. The van der Waals surface area contributed by atoms with E-state index in [1.165, 1.54) is 0 Å². The molecular weight excluding hydrogens is 244 g/mol. The van der Waals surface area contributed by atoms with Gasteiger partial charge in [0.2, 0.25) is 0 Å². The molecule has 0 aromatic carbocycles. The number of hydrogen-bond donors (Lipinski definition) is 2. The number of rotatable bonds is 14. The molecule has 5 nitrogen and oxygen atoms in total. The van der Waals surface area contributed by atoms with Crippen LogP contribution in [0.1, 0.15) is 6.42 Å². The molecule has 0 spiro atoms. The van der Waals surface area contributed by atoms with Crippen LogP contribution in [-0.2, 0) is 18.9 Å². The summed E-state index contributed by atoms with van der Waals surface area (Å²) in [7, 11) is 0. The van der Waals surface area contributed by atoms with Crippen LogP contribution in [0, 0.1) is 0 Å². The van der Waals surface area contributed by atoms with E-state index in [0.29, 0.717) is 46.2 Å². The van der Waals surface area contributed by atoms with Gasteiger partial charge in [-0.05, 0) is 12.2 Å². The van der Waals surface area contributed by atoms with E-state index in [1.807, 2.05) is 0 Å². The highest BCUT2D eigenvalue weighted by atomic mass is 32.1. The molecule has 0 bridgehead atoms. The van der Waals surface area contributed by atoms with Gasteiger partial charge in [0.25, 0.3) is 0 Å². The first kappa shape index (κ1) is 17.2. The topological polar surface area (TPSA) is 57.2 Å². The molecular formula is C11H24O5S. The SMILES string of the molecule is OCCOCCOCCOCCOCCCS. The fourth-order valence-corrected chi connectivity index (χ4v) is 1.12. The van der Waals surface area contributed by atoms with Gasteiger partial charge in [0.15, 0.2) is 0 Å². The first-order chi connectivity index (χ1) is 8.41. The molecule has 104 valence electrons. The van der Waals surface area contributed by atoms with E-state index in [0.717, 1.165) is 18.8 Å². The van der Waals surface area contributed by atoms with Gasteiger partial charge in [-0.1, -0.05) is 0 Å². The Labute approximate surface area is 109 Å². The molecule has 1 N–H and O–H groups in total. The molecule has 0 amide bonds. The van der Waals surface area contributed by atoms with Gasteiger partial charge in [-0.15, -0.1) is 0 Å². The third-order valence-electron chi connectivity index (χ3n) is 1.80. The van der Waals surface area contributed by atoms with Gasteiger partial charge in [0.1, 0.15) is 0 Å². The minimum atomic E-state index is 0.0519. The van der Waals surface area contributed by atoms with Crippen LogP contribution in [0.2, 0.25) is 0 Å². The maximum atomic E-state index is 8.44. The average Bonchev–Trinajstić information content (AvgIpc) is 2.35. The highest BCUT2D eigenvalue weighted by Gasteiger charge is 1.92. The summed E-state index contributed by atoms with van der Waals surface area (Å²) in [6, 6.07) is 0. The minimum Gasteiger partial charge on any atom is -0.394 e. The summed E-state index contributed by atoms with van der Waals surface area (Å²) < 4.78 is 20.8. The smallest absolute Gasteiger partial charge is 0.0701 e. The lowest BCUT2D eigenvalue weighted by Gasteiger charge is -2.06. The van der Waals surface area contributed by atoms with Gasteiger partial charge in [-0.25, -0.2) is 0 Å². The monoisotopic (exact) mass is 268 g/mol. The number of aliphatic hydroxyl groups excluding tert-OH is 1. The van der Waals surface area contributed by atoms with Gasteiger partial charge in [-0.3, -0.25) is 0 Å². The molecule has 0 saturated carbocycles. The van der Waals surface area contributed by atoms with Crippen LogP contribution < -0.4 is 0 Å². The van der Waals surface area contributed by atoms with Crippen molar-refractivity contribution in [3.63, 3.8) is 0 Å². The lowest BCUT2D eigenvalue weighted by atomic mass is 10.5. The fraction of sp³-hybridized carbons (Fsp3) is 1.00. The summed E-state index contributed by atoms with van der Waals surface area (Å²) in [4.78, 5) is 0. The molecule has 0 heterocycles. The van der Waals surface area contributed by atoms with E-state index in [1.54, 1.807) is 0 Å². The molecule has 0 fully saturated rings. The molecule has 0 atom stereocenters. The largest absolute Gasteiger partial charge is 0.394 e. The number of hydrogen-bond acceptors (Lipinski definition) is 6. The zero-order chi connectivity index (χ0) is 12.6. The summed E-state index contributed by atoms with van der Waals surface area (Å²) in [6.45, 7) is 4.53. The van der Waals surface area contributed by atoms with Gasteiger partial charge in [-0.2, -0.15) is 12.6 Å². The van der Waals surface area contributed by atoms with Crippen LogP contribution in [0.25, 0.3) is 0 Å². The van der Waals surface area contributed by atoms with Crippen molar-refractivity contribution in [1.29, 1.82) is 0 Å². The predicted molar refractivity (Wildman–Crippen MR) is 68.8 cm³/mol. The summed E-state index contributed by atoms with van der Waals surface area (Å²) in [5.41, 5.74) is 0. The van der Waals surface area contributed by atoms with Crippen molar-refractivity contribution in [2.45, 2.75) is 6.42 Å². The maximum Gasteiger partial charge on any atom is 0.0701 e. The summed E-state index contributed by atoms with van der Waals surface area (Å²) >= 11 is 4.08. The molecule has 0 aliphatic heterocycles. The second-order valence-electron chi connectivity index (χ2n) is 3.25. The van der Waals surface area contributed by atoms with E-state index < -0.39 is 0 Å². The molecule has 0 aliphatic rings. The standard InChI is InChI=1S/C11H24O5S/c12-2-4-14-6-8-16-10-9-15-7-5-13-3-1-11-17/h12,17H,1-11H2. The third kappa shape index (κ3) is 16.1. The Morgan fingerprint density at radius 1 is 0.647 bits per heavy atom. The Balaban J connectivity index is 2.85. The van der Waals surface area contributed by atoms with E-state index in [4.69, 9.17) is 24.1 Å².